The van der Waals surface area contributed by atoms with Crippen LogP contribution in [0.2, 0.25) is 0 Å². The van der Waals surface area contributed by atoms with Gasteiger partial charge in [0.2, 0.25) is 0 Å². The smallest absolute Gasteiger partial charge is 0.157 e. The molecule has 2 aromatic carbocycles. The van der Waals surface area contributed by atoms with Gasteiger partial charge in [-0.15, -0.1) is 5.10 Å². The van der Waals surface area contributed by atoms with Gasteiger partial charge in [-0.25, -0.2) is 9.07 Å². The molecule has 0 N–H and O–H groups in total. The maximum Gasteiger partial charge on any atom is 0.157 e. The predicted molar refractivity (Wildman–Crippen MR) is 97.6 cm³/mol. The van der Waals surface area contributed by atoms with Gasteiger partial charge >= 0.3 is 0 Å². The molecule has 2 heterocycles. The van der Waals surface area contributed by atoms with Crippen molar-refractivity contribution < 1.29 is 13.9 Å². The van der Waals surface area contributed by atoms with Gasteiger partial charge < -0.3 is 9.47 Å². The van der Waals surface area contributed by atoms with Crippen molar-refractivity contribution >= 4 is 0 Å². The van der Waals surface area contributed by atoms with Gasteiger partial charge in [-0.2, -0.15) is 0 Å². The fourth-order valence-corrected chi connectivity index (χ4v) is 3.21. The van der Waals surface area contributed by atoms with E-state index in [-0.39, 0.29) is 12.0 Å². The fourth-order valence-electron chi connectivity index (χ4n) is 3.21. The Balaban J connectivity index is 1.45. The van der Waals surface area contributed by atoms with Gasteiger partial charge in [0.15, 0.2) is 6.23 Å². The Kier molecular flexibility index (Phi) is 5.13. The molecule has 1 aliphatic heterocycles. The third kappa shape index (κ3) is 3.99. The molecule has 1 saturated heterocycles. The molecule has 6 nitrogen and oxygen atoms in total. The Bertz CT molecular complexity index is 897. The summed E-state index contributed by atoms with van der Waals surface area (Å²) in [5, 5.41) is 8.39. The van der Waals surface area contributed by atoms with Gasteiger partial charge in [-0.1, -0.05) is 35.5 Å². The zero-order valence-electron chi connectivity index (χ0n) is 15.1. The average Bonchev–Trinajstić information content (AvgIpc) is 3.33. The summed E-state index contributed by atoms with van der Waals surface area (Å²) in [7, 11) is 1.66. The van der Waals surface area contributed by atoms with E-state index in [1.165, 1.54) is 11.6 Å². The maximum atomic E-state index is 13.8. The Morgan fingerprint density at radius 1 is 1.15 bits per heavy atom. The Morgan fingerprint density at radius 3 is 2.74 bits per heavy atom. The highest BCUT2D eigenvalue weighted by Crippen LogP contribution is 2.27. The topological polar surface area (TPSA) is 52.4 Å². The van der Waals surface area contributed by atoms with E-state index in [0.717, 1.165) is 24.5 Å². The highest BCUT2D eigenvalue weighted by Gasteiger charge is 2.29. The van der Waals surface area contributed by atoms with E-state index >= 15 is 0 Å². The molecule has 0 radical (unpaired) electrons. The van der Waals surface area contributed by atoms with Crippen LogP contribution in [0, 0.1) is 5.82 Å². The number of halogens is 1. The number of methoxy groups -OCH3 is 1. The Morgan fingerprint density at radius 2 is 1.96 bits per heavy atom. The molecule has 140 valence electrons. The van der Waals surface area contributed by atoms with Crippen molar-refractivity contribution in [2.45, 2.75) is 19.3 Å². The summed E-state index contributed by atoms with van der Waals surface area (Å²) in [5.74, 6) is 0.594. The summed E-state index contributed by atoms with van der Waals surface area (Å²) in [6.07, 6.45) is 1.57. The lowest BCUT2D eigenvalue weighted by molar-refractivity contribution is 0.0252. The molecule has 4 rings (SSSR count). The van der Waals surface area contributed by atoms with Crippen LogP contribution in [0.25, 0.3) is 0 Å². The van der Waals surface area contributed by atoms with Crippen LogP contribution in [0.1, 0.15) is 23.0 Å². The van der Waals surface area contributed by atoms with Crippen molar-refractivity contribution in [2.24, 2.45) is 0 Å². The summed E-state index contributed by atoms with van der Waals surface area (Å²) < 4.78 is 26.5. The van der Waals surface area contributed by atoms with Crippen LogP contribution in [0.4, 0.5) is 4.39 Å². The molecular formula is C20H21FN4O2. The van der Waals surface area contributed by atoms with E-state index in [1.54, 1.807) is 23.9 Å². The average molecular weight is 368 g/mol. The minimum atomic E-state index is -0.249. The molecule has 0 amide bonds. The number of benzene rings is 2. The molecule has 0 bridgehead atoms. The van der Waals surface area contributed by atoms with Crippen molar-refractivity contribution in [3.05, 3.63) is 77.4 Å². The first-order valence-electron chi connectivity index (χ1n) is 8.85. The van der Waals surface area contributed by atoms with Crippen LogP contribution in [0.3, 0.4) is 0 Å². The second-order valence-corrected chi connectivity index (χ2v) is 6.47. The monoisotopic (exact) mass is 368 g/mol. The van der Waals surface area contributed by atoms with E-state index in [4.69, 9.17) is 9.47 Å². The molecule has 1 atom stereocenters. The molecule has 7 heteroatoms. The standard InChI is InChI=1S/C20H21FN4O2/c1-26-17-8-6-15(7-9-17)12-24-10-11-27-20(24)19-14-25(23-22-19)13-16-4-2-3-5-18(16)21/h2-9,14,20H,10-13H2,1H3/t20-/m1/s1. The summed E-state index contributed by atoms with van der Waals surface area (Å²) in [4.78, 5) is 2.21. The number of rotatable bonds is 6. The zero-order valence-corrected chi connectivity index (χ0v) is 15.1. The lowest BCUT2D eigenvalue weighted by Gasteiger charge is -2.21. The van der Waals surface area contributed by atoms with Gasteiger partial charge in [-0.3, -0.25) is 4.90 Å². The number of ether oxygens (including phenoxy) is 2. The van der Waals surface area contributed by atoms with Crippen molar-refractivity contribution in [3.63, 3.8) is 0 Å². The van der Waals surface area contributed by atoms with Gasteiger partial charge in [0.1, 0.15) is 17.3 Å². The molecule has 0 aliphatic carbocycles. The summed E-state index contributed by atoms with van der Waals surface area (Å²) >= 11 is 0. The van der Waals surface area contributed by atoms with Crippen molar-refractivity contribution in [3.8, 4) is 5.75 Å². The molecule has 0 unspecified atom stereocenters. The third-order valence-corrected chi connectivity index (χ3v) is 4.63. The van der Waals surface area contributed by atoms with Crippen molar-refractivity contribution in [2.75, 3.05) is 20.3 Å². The van der Waals surface area contributed by atoms with Gasteiger partial charge in [0.05, 0.1) is 26.5 Å². The van der Waals surface area contributed by atoms with Gasteiger partial charge in [0, 0.05) is 18.7 Å². The number of nitrogens with zero attached hydrogens (tertiary/aromatic N) is 4. The molecule has 27 heavy (non-hydrogen) atoms. The molecular weight excluding hydrogens is 347 g/mol. The lowest BCUT2D eigenvalue weighted by Crippen LogP contribution is -2.23. The fraction of sp³-hybridized carbons (Fsp3) is 0.300. The van der Waals surface area contributed by atoms with E-state index < -0.39 is 0 Å². The van der Waals surface area contributed by atoms with E-state index in [2.05, 4.69) is 15.2 Å². The largest absolute Gasteiger partial charge is 0.497 e. The highest BCUT2D eigenvalue weighted by molar-refractivity contribution is 5.27. The maximum absolute atomic E-state index is 13.8. The summed E-state index contributed by atoms with van der Waals surface area (Å²) in [5.41, 5.74) is 2.48. The normalized spacial score (nSPS) is 17.3. The van der Waals surface area contributed by atoms with E-state index in [0.29, 0.717) is 18.7 Å². The molecule has 1 fully saturated rings. The first kappa shape index (κ1) is 17.6. The van der Waals surface area contributed by atoms with Gasteiger partial charge in [0.25, 0.3) is 0 Å². The summed E-state index contributed by atoms with van der Waals surface area (Å²) in [6, 6.07) is 14.7. The van der Waals surface area contributed by atoms with Crippen LogP contribution >= 0.6 is 0 Å². The third-order valence-electron chi connectivity index (χ3n) is 4.63. The minimum Gasteiger partial charge on any atom is -0.497 e. The molecule has 3 aromatic rings. The van der Waals surface area contributed by atoms with Crippen LogP contribution in [0.5, 0.6) is 5.75 Å². The Labute approximate surface area is 157 Å². The number of hydrogen-bond donors (Lipinski definition) is 0. The van der Waals surface area contributed by atoms with E-state index in [9.17, 15) is 4.39 Å². The molecule has 0 saturated carbocycles. The van der Waals surface area contributed by atoms with Crippen LogP contribution < -0.4 is 4.74 Å². The van der Waals surface area contributed by atoms with E-state index in [1.807, 2.05) is 36.5 Å². The second-order valence-electron chi connectivity index (χ2n) is 6.47. The highest BCUT2D eigenvalue weighted by atomic mass is 19.1. The van der Waals surface area contributed by atoms with Crippen LogP contribution in [-0.4, -0.2) is 40.2 Å². The van der Waals surface area contributed by atoms with Crippen LogP contribution in [-0.2, 0) is 17.8 Å². The second kappa shape index (κ2) is 7.85. The summed E-state index contributed by atoms with van der Waals surface area (Å²) in [6.45, 7) is 2.54. The number of hydrogen-bond acceptors (Lipinski definition) is 5. The van der Waals surface area contributed by atoms with Crippen molar-refractivity contribution in [1.29, 1.82) is 0 Å². The molecule has 0 spiro atoms. The van der Waals surface area contributed by atoms with Crippen LogP contribution in [0.15, 0.2) is 54.7 Å². The predicted octanol–water partition coefficient (Wildman–Crippen LogP) is 3.01. The zero-order chi connectivity index (χ0) is 18.6. The minimum absolute atomic E-state index is 0.243. The first-order chi connectivity index (χ1) is 13.2. The van der Waals surface area contributed by atoms with Crippen molar-refractivity contribution in [1.82, 2.24) is 19.9 Å². The lowest BCUT2D eigenvalue weighted by atomic mass is 10.2. The molecule has 1 aromatic heterocycles. The van der Waals surface area contributed by atoms with Gasteiger partial charge in [-0.05, 0) is 23.8 Å². The quantitative estimate of drug-likeness (QED) is 0.670. The molecule has 1 aliphatic rings. The first-order valence-corrected chi connectivity index (χ1v) is 8.85. The Hall–Kier alpha value is -2.77. The SMILES string of the molecule is COc1ccc(CN2CCO[C@@H]2c2cn(Cc3ccccc3F)nn2)cc1. The number of aromatic nitrogens is 3.